The maximum absolute atomic E-state index is 14.6. The number of unbranched alkanes of at least 4 members (excludes halogenated alkanes) is 1. The van der Waals surface area contributed by atoms with E-state index in [-0.39, 0.29) is 25.0 Å². The molecule has 0 aliphatic carbocycles. The minimum Gasteiger partial charge on any atom is -0.461 e. The number of anilines is 1. The van der Waals surface area contributed by atoms with Gasteiger partial charge in [-0.1, -0.05) is 36.9 Å². The van der Waals surface area contributed by atoms with Crippen LogP contribution in [0.15, 0.2) is 43.5 Å². The predicted octanol–water partition coefficient (Wildman–Crippen LogP) is 3.81. The normalized spacial score (nSPS) is 29.8. The van der Waals surface area contributed by atoms with E-state index in [0.29, 0.717) is 32.4 Å². The van der Waals surface area contributed by atoms with Crippen LogP contribution in [-0.4, -0.2) is 69.6 Å². The van der Waals surface area contributed by atoms with E-state index < -0.39 is 33.3 Å². The Morgan fingerprint density at radius 3 is 2.54 bits per heavy atom. The number of amides is 2. The van der Waals surface area contributed by atoms with Crippen molar-refractivity contribution < 1.29 is 24.2 Å². The number of ether oxygens (including phenoxy) is 1. The number of benzene rings is 1. The Morgan fingerprint density at radius 2 is 1.92 bits per heavy atom. The van der Waals surface area contributed by atoms with Crippen LogP contribution in [0, 0.1) is 25.7 Å². The zero-order valence-corrected chi connectivity index (χ0v) is 22.9. The van der Waals surface area contributed by atoms with Gasteiger partial charge in [0.15, 0.2) is 0 Å². The molecule has 2 unspecified atom stereocenters. The number of rotatable bonds is 11. The first-order chi connectivity index (χ1) is 17.7. The Labute approximate surface area is 223 Å². The molecule has 3 aliphatic rings. The van der Waals surface area contributed by atoms with Gasteiger partial charge >= 0.3 is 5.97 Å². The van der Waals surface area contributed by atoms with Gasteiger partial charge in [-0.3, -0.25) is 14.4 Å². The van der Waals surface area contributed by atoms with Crippen LogP contribution in [0.1, 0.15) is 43.7 Å². The molecule has 37 heavy (non-hydrogen) atoms. The Morgan fingerprint density at radius 1 is 1.22 bits per heavy atom. The highest BCUT2D eigenvalue weighted by Crippen LogP contribution is 2.71. The van der Waals surface area contributed by atoms with Crippen LogP contribution in [0.2, 0.25) is 0 Å². The van der Waals surface area contributed by atoms with Gasteiger partial charge in [0.25, 0.3) is 5.91 Å². The molecule has 3 saturated heterocycles. The number of aryl methyl sites for hydroxylation is 2. The maximum Gasteiger partial charge on any atom is 0.311 e. The summed E-state index contributed by atoms with van der Waals surface area (Å²) in [5.74, 6) is -1.94. The molecule has 3 heterocycles. The van der Waals surface area contributed by atoms with E-state index in [1.807, 2.05) is 39.0 Å². The molecule has 0 aromatic heterocycles. The Bertz CT molecular complexity index is 1090. The van der Waals surface area contributed by atoms with E-state index in [0.717, 1.165) is 23.2 Å². The first kappa shape index (κ1) is 27.5. The second kappa shape index (κ2) is 10.7. The van der Waals surface area contributed by atoms with Gasteiger partial charge in [-0.15, -0.1) is 18.3 Å². The number of thioether (sulfide) groups is 1. The molecule has 5 atom stereocenters. The summed E-state index contributed by atoms with van der Waals surface area (Å²) in [5.41, 5.74) is 2.78. The van der Waals surface area contributed by atoms with Crippen LogP contribution in [-0.2, 0) is 19.1 Å². The molecule has 1 aromatic carbocycles. The van der Waals surface area contributed by atoms with E-state index in [1.165, 1.54) is 6.08 Å². The molecule has 1 spiro atoms. The van der Waals surface area contributed by atoms with Crippen LogP contribution in [0.25, 0.3) is 0 Å². The number of carbonyl (C=O) groups is 3. The molecule has 3 aliphatic heterocycles. The van der Waals surface area contributed by atoms with E-state index in [4.69, 9.17) is 4.74 Å². The molecule has 7 nitrogen and oxygen atoms in total. The lowest BCUT2D eigenvalue weighted by Gasteiger charge is -2.38. The van der Waals surface area contributed by atoms with Gasteiger partial charge in [-0.25, -0.2) is 0 Å². The molecule has 3 fully saturated rings. The number of likely N-dealkylation sites (tertiary alicyclic amines) is 1. The number of para-hydroxylation sites is 1. The van der Waals surface area contributed by atoms with Gasteiger partial charge in [0.1, 0.15) is 12.6 Å². The van der Waals surface area contributed by atoms with Gasteiger partial charge in [0.2, 0.25) is 5.91 Å². The Balaban J connectivity index is 1.80. The molecular formula is C29H38N2O5S. The largest absolute Gasteiger partial charge is 0.461 e. The molecule has 0 radical (unpaired) electrons. The van der Waals surface area contributed by atoms with Gasteiger partial charge in [0, 0.05) is 30.1 Å². The van der Waals surface area contributed by atoms with Crippen molar-refractivity contribution in [1.82, 2.24) is 4.90 Å². The summed E-state index contributed by atoms with van der Waals surface area (Å²) < 4.78 is 4.29. The van der Waals surface area contributed by atoms with Gasteiger partial charge in [-0.2, -0.15) is 0 Å². The highest BCUT2D eigenvalue weighted by Gasteiger charge is 2.77. The topological polar surface area (TPSA) is 87.1 Å². The second-order valence-electron chi connectivity index (χ2n) is 10.6. The van der Waals surface area contributed by atoms with E-state index in [2.05, 4.69) is 13.2 Å². The number of nitrogens with zero attached hydrogens (tertiary/aromatic N) is 2. The van der Waals surface area contributed by atoms with Crippen LogP contribution < -0.4 is 4.90 Å². The highest BCUT2D eigenvalue weighted by molar-refractivity contribution is 8.02. The zero-order valence-electron chi connectivity index (χ0n) is 22.1. The third-order valence-corrected chi connectivity index (χ3v) is 10.2. The van der Waals surface area contributed by atoms with Crippen LogP contribution in [0.3, 0.4) is 0 Å². The summed E-state index contributed by atoms with van der Waals surface area (Å²) in [6.45, 7) is 14.3. The number of carbonyl (C=O) groups excluding carboxylic acids is 3. The standard InChI is InChI=1S/C29H38N2O5S/c1-6-15-30(23-19(3)11-10-12-20(23)4)26(34)24-29-14-13-28(5,37-29)22(27(35)36-18-7-2)21(29)25(33)31(24)16-8-9-17-32/h6-7,10-12,21-22,24,32H,1-2,8-9,13-18H2,3-5H3/t21-,22+,24?,28-,29?/m0/s1. The lowest BCUT2D eigenvalue weighted by atomic mass is 9.66. The number of aliphatic hydroxyl groups is 1. The number of fused-ring (bicyclic) bond motifs is 1. The third-order valence-electron chi connectivity index (χ3n) is 8.20. The van der Waals surface area contributed by atoms with Crippen molar-refractivity contribution in [3.63, 3.8) is 0 Å². The number of hydrogen-bond acceptors (Lipinski definition) is 6. The van der Waals surface area contributed by atoms with Crippen LogP contribution >= 0.6 is 11.8 Å². The molecule has 1 N–H and O–H groups in total. The van der Waals surface area contributed by atoms with Crippen molar-refractivity contribution >= 4 is 35.2 Å². The van der Waals surface area contributed by atoms with E-state index in [1.54, 1.807) is 27.6 Å². The molecule has 200 valence electrons. The number of hydrogen-bond donors (Lipinski definition) is 1. The van der Waals surface area contributed by atoms with Crippen LogP contribution in [0.4, 0.5) is 5.69 Å². The lowest BCUT2D eigenvalue weighted by Crippen LogP contribution is -2.55. The summed E-state index contributed by atoms with van der Waals surface area (Å²) in [5, 5.41) is 9.38. The minimum atomic E-state index is -0.716. The van der Waals surface area contributed by atoms with E-state index >= 15 is 0 Å². The summed E-state index contributed by atoms with van der Waals surface area (Å²) in [7, 11) is 0. The molecule has 0 saturated carbocycles. The first-order valence-corrected chi connectivity index (χ1v) is 13.9. The van der Waals surface area contributed by atoms with Gasteiger partial charge < -0.3 is 19.6 Å². The maximum atomic E-state index is 14.6. The van der Waals surface area contributed by atoms with Crippen molar-refractivity contribution in [3.8, 4) is 0 Å². The monoisotopic (exact) mass is 526 g/mol. The average Bonchev–Trinajstić information content (AvgIpc) is 3.42. The van der Waals surface area contributed by atoms with Gasteiger partial charge in [0.05, 0.1) is 16.6 Å². The summed E-state index contributed by atoms with van der Waals surface area (Å²) in [4.78, 5) is 45.4. The Hall–Kier alpha value is -2.58. The molecular weight excluding hydrogens is 488 g/mol. The molecule has 2 amide bonds. The Kier molecular flexibility index (Phi) is 7.91. The minimum absolute atomic E-state index is 0.0174. The zero-order chi connectivity index (χ0) is 27.0. The summed E-state index contributed by atoms with van der Waals surface area (Å²) >= 11 is 1.63. The molecule has 8 heteroatoms. The van der Waals surface area contributed by atoms with E-state index in [9.17, 15) is 19.5 Å². The fourth-order valence-corrected chi connectivity index (χ4v) is 9.07. The first-order valence-electron chi connectivity index (χ1n) is 13.0. The van der Waals surface area contributed by atoms with Crippen LogP contribution in [0.5, 0.6) is 0 Å². The SMILES string of the molecule is C=CCOC(=O)[C@H]1[C@H]2C(=O)N(CCCCO)C(C(=O)N(CC=C)c3c(C)cccc3C)C23CC[C@]1(C)S3. The van der Waals surface area contributed by atoms with Crippen molar-refractivity contribution in [2.24, 2.45) is 11.8 Å². The summed E-state index contributed by atoms with van der Waals surface area (Å²) in [6, 6.07) is 5.21. The molecule has 2 bridgehead atoms. The quantitative estimate of drug-likeness (QED) is 0.268. The van der Waals surface area contributed by atoms with Crippen molar-refractivity contribution in [2.45, 2.75) is 62.0 Å². The lowest BCUT2D eigenvalue weighted by molar-refractivity contribution is -0.154. The predicted molar refractivity (Wildman–Crippen MR) is 146 cm³/mol. The fourth-order valence-electron chi connectivity index (χ4n) is 6.73. The van der Waals surface area contributed by atoms with Gasteiger partial charge in [-0.05, 0) is 57.6 Å². The average molecular weight is 527 g/mol. The second-order valence-corrected chi connectivity index (χ2v) is 12.5. The summed E-state index contributed by atoms with van der Waals surface area (Å²) in [6.07, 6.45) is 5.75. The number of aliphatic hydroxyl groups excluding tert-OH is 1. The van der Waals surface area contributed by atoms with Crippen molar-refractivity contribution in [2.75, 3.05) is 31.2 Å². The smallest absolute Gasteiger partial charge is 0.311 e. The third kappa shape index (κ3) is 4.42. The van der Waals surface area contributed by atoms with Crippen molar-refractivity contribution in [3.05, 3.63) is 54.6 Å². The molecule has 1 aromatic rings. The molecule has 4 rings (SSSR count). The number of esters is 1. The highest BCUT2D eigenvalue weighted by atomic mass is 32.2. The van der Waals surface area contributed by atoms with Crippen molar-refractivity contribution in [1.29, 1.82) is 0 Å². The fraction of sp³-hybridized carbons (Fsp3) is 0.552.